The zero-order valence-electron chi connectivity index (χ0n) is 13.6. The van der Waals surface area contributed by atoms with Gasteiger partial charge in [0.2, 0.25) is 5.91 Å². The van der Waals surface area contributed by atoms with E-state index in [1.165, 1.54) is 4.68 Å². The molecule has 2 fully saturated rings. The molecule has 0 radical (unpaired) electrons. The van der Waals surface area contributed by atoms with Crippen molar-refractivity contribution in [3.8, 4) is 6.07 Å². The van der Waals surface area contributed by atoms with Crippen molar-refractivity contribution in [3.05, 3.63) is 28.2 Å². The smallest absolute Gasteiger partial charge is 0.266 e. The summed E-state index contributed by atoms with van der Waals surface area (Å²) < 4.78 is 1.45. The van der Waals surface area contributed by atoms with Crippen LogP contribution in [0.2, 0.25) is 0 Å². The molecule has 0 saturated heterocycles. The highest BCUT2D eigenvalue weighted by molar-refractivity contribution is 5.88. The topological polar surface area (TPSA) is 87.8 Å². The van der Waals surface area contributed by atoms with Gasteiger partial charge in [0.25, 0.3) is 5.56 Å². The van der Waals surface area contributed by atoms with E-state index in [1.807, 2.05) is 13.8 Å². The van der Waals surface area contributed by atoms with Crippen LogP contribution in [0.4, 0.5) is 0 Å². The highest BCUT2D eigenvalue weighted by Gasteiger charge is 2.51. The second-order valence-electron chi connectivity index (χ2n) is 7.07. The number of nitrogens with one attached hydrogen (secondary N) is 1. The summed E-state index contributed by atoms with van der Waals surface area (Å²) in [6.45, 7) is 4.32. The van der Waals surface area contributed by atoms with Gasteiger partial charge >= 0.3 is 0 Å². The van der Waals surface area contributed by atoms with Gasteiger partial charge in [0.05, 0.1) is 24.3 Å². The Bertz CT molecular complexity index is 708. The Morgan fingerprint density at radius 3 is 2.70 bits per heavy atom. The molecule has 0 unspecified atom stereocenters. The summed E-state index contributed by atoms with van der Waals surface area (Å²) >= 11 is 0. The van der Waals surface area contributed by atoms with E-state index in [1.54, 1.807) is 12.1 Å². The molecule has 0 aliphatic heterocycles. The molecule has 1 atom stereocenters. The lowest BCUT2D eigenvalue weighted by Gasteiger charge is -2.24. The van der Waals surface area contributed by atoms with Gasteiger partial charge in [0.15, 0.2) is 0 Å². The van der Waals surface area contributed by atoms with Gasteiger partial charge in [-0.15, -0.1) is 0 Å². The molecule has 23 heavy (non-hydrogen) atoms. The van der Waals surface area contributed by atoms with Crippen molar-refractivity contribution in [3.63, 3.8) is 0 Å². The van der Waals surface area contributed by atoms with Gasteiger partial charge in [0, 0.05) is 12.0 Å². The Labute approximate surface area is 135 Å². The van der Waals surface area contributed by atoms with Crippen LogP contribution in [-0.2, 0) is 11.3 Å². The Morgan fingerprint density at radius 2 is 2.17 bits per heavy atom. The maximum absolute atomic E-state index is 12.3. The predicted molar refractivity (Wildman–Crippen MR) is 84.5 cm³/mol. The first-order valence-electron chi connectivity index (χ1n) is 8.25. The first kappa shape index (κ1) is 15.7. The largest absolute Gasteiger partial charge is 0.350 e. The standard InChI is InChI=1S/C17H22N4O2/c1-11(2)14(19-16(23)17(10-18)7-8-17)9-21-15(22)6-5-13(20-21)12-3-4-12/h5-6,11-12,14H,3-4,7-9H2,1-2H3,(H,19,23)/t14-/m0/s1. The summed E-state index contributed by atoms with van der Waals surface area (Å²) in [4.78, 5) is 24.4. The van der Waals surface area contributed by atoms with Crippen LogP contribution in [0, 0.1) is 22.7 Å². The highest BCUT2D eigenvalue weighted by Crippen LogP contribution is 2.45. The van der Waals surface area contributed by atoms with Crippen LogP contribution in [0.25, 0.3) is 0 Å². The minimum absolute atomic E-state index is 0.145. The molecule has 1 aromatic heterocycles. The third-order valence-corrected chi connectivity index (χ3v) is 4.77. The number of carbonyl (C=O) groups is 1. The summed E-state index contributed by atoms with van der Waals surface area (Å²) in [5.41, 5.74) is -0.0497. The van der Waals surface area contributed by atoms with Gasteiger partial charge in [-0.2, -0.15) is 10.4 Å². The fourth-order valence-electron chi connectivity index (χ4n) is 2.62. The van der Waals surface area contributed by atoms with Crippen molar-refractivity contribution in [1.29, 1.82) is 5.26 Å². The molecule has 1 heterocycles. The van der Waals surface area contributed by atoms with E-state index in [-0.39, 0.29) is 23.4 Å². The van der Waals surface area contributed by atoms with Gasteiger partial charge in [-0.05, 0) is 37.7 Å². The van der Waals surface area contributed by atoms with Crippen molar-refractivity contribution >= 4 is 5.91 Å². The SMILES string of the molecule is CC(C)[C@H](Cn1nc(C2CC2)ccc1=O)NC(=O)C1(C#N)CC1. The minimum atomic E-state index is -0.846. The maximum Gasteiger partial charge on any atom is 0.266 e. The predicted octanol–water partition coefficient (Wildman–Crippen LogP) is 1.57. The summed E-state index contributed by atoms with van der Waals surface area (Å²) in [5, 5.41) is 16.5. The molecule has 122 valence electrons. The van der Waals surface area contributed by atoms with Gasteiger partial charge in [-0.25, -0.2) is 4.68 Å². The lowest BCUT2D eigenvalue weighted by Crippen LogP contribution is -2.46. The second kappa shape index (κ2) is 5.80. The zero-order valence-corrected chi connectivity index (χ0v) is 13.6. The molecule has 2 saturated carbocycles. The van der Waals surface area contributed by atoms with Crippen LogP contribution < -0.4 is 10.9 Å². The van der Waals surface area contributed by atoms with Crippen LogP contribution in [0.15, 0.2) is 16.9 Å². The number of hydrogen-bond donors (Lipinski definition) is 1. The number of carbonyl (C=O) groups excluding carboxylic acids is 1. The second-order valence-corrected chi connectivity index (χ2v) is 7.07. The van der Waals surface area contributed by atoms with Gasteiger partial charge in [0.1, 0.15) is 5.41 Å². The molecule has 1 N–H and O–H groups in total. The molecule has 0 aromatic carbocycles. The highest BCUT2D eigenvalue weighted by atomic mass is 16.2. The van der Waals surface area contributed by atoms with Gasteiger partial charge < -0.3 is 5.32 Å². The normalized spacial score (nSPS) is 19.9. The lowest BCUT2D eigenvalue weighted by atomic mass is 10.0. The molecule has 1 aromatic rings. The molecule has 0 spiro atoms. The molecule has 6 nitrogen and oxygen atoms in total. The van der Waals surface area contributed by atoms with E-state index in [9.17, 15) is 9.59 Å². The summed E-state index contributed by atoms with van der Waals surface area (Å²) in [6.07, 6.45) is 3.49. The number of rotatable bonds is 6. The Balaban J connectivity index is 1.75. The number of hydrogen-bond acceptors (Lipinski definition) is 4. The zero-order chi connectivity index (χ0) is 16.6. The average molecular weight is 314 g/mol. The average Bonchev–Trinajstić information content (AvgIpc) is 3.40. The van der Waals surface area contributed by atoms with E-state index in [4.69, 9.17) is 5.26 Å². The molecule has 1 amide bonds. The Morgan fingerprint density at radius 1 is 1.48 bits per heavy atom. The molecule has 2 aliphatic carbocycles. The van der Waals surface area contributed by atoms with Gasteiger partial charge in [-0.1, -0.05) is 13.8 Å². The first-order valence-corrected chi connectivity index (χ1v) is 8.25. The van der Waals surface area contributed by atoms with Gasteiger partial charge in [-0.3, -0.25) is 9.59 Å². The summed E-state index contributed by atoms with van der Waals surface area (Å²) in [6, 6.07) is 5.25. The molecule has 3 rings (SSSR count). The van der Waals surface area contributed by atoms with Crippen molar-refractivity contribution in [2.24, 2.45) is 11.3 Å². The van der Waals surface area contributed by atoms with E-state index < -0.39 is 5.41 Å². The number of aromatic nitrogens is 2. The maximum atomic E-state index is 12.3. The van der Waals surface area contributed by atoms with Crippen molar-refractivity contribution < 1.29 is 4.79 Å². The van der Waals surface area contributed by atoms with Crippen LogP contribution >= 0.6 is 0 Å². The summed E-state index contributed by atoms with van der Waals surface area (Å²) in [5.74, 6) is 0.402. The van der Waals surface area contributed by atoms with E-state index in [2.05, 4.69) is 16.5 Å². The van der Waals surface area contributed by atoms with E-state index >= 15 is 0 Å². The molecule has 6 heteroatoms. The fraction of sp³-hybridized carbons (Fsp3) is 0.647. The van der Waals surface area contributed by atoms with Crippen LogP contribution in [0.5, 0.6) is 0 Å². The van der Waals surface area contributed by atoms with E-state index in [0.717, 1.165) is 18.5 Å². The summed E-state index contributed by atoms with van der Waals surface area (Å²) in [7, 11) is 0. The Kier molecular flexibility index (Phi) is 3.97. The van der Waals surface area contributed by atoms with Crippen LogP contribution in [0.1, 0.15) is 51.1 Å². The molecular formula is C17H22N4O2. The number of nitrogens with zero attached hydrogens (tertiary/aromatic N) is 3. The quantitative estimate of drug-likeness (QED) is 0.863. The molecule has 2 aliphatic rings. The van der Waals surface area contributed by atoms with Crippen molar-refractivity contribution in [2.75, 3.05) is 0 Å². The van der Waals surface area contributed by atoms with Crippen molar-refractivity contribution in [2.45, 2.75) is 58.0 Å². The third-order valence-electron chi connectivity index (χ3n) is 4.77. The monoisotopic (exact) mass is 314 g/mol. The number of amides is 1. The van der Waals surface area contributed by atoms with Crippen LogP contribution in [-0.4, -0.2) is 21.7 Å². The van der Waals surface area contributed by atoms with Crippen LogP contribution in [0.3, 0.4) is 0 Å². The number of nitriles is 1. The lowest BCUT2D eigenvalue weighted by molar-refractivity contribution is -0.125. The first-order chi connectivity index (χ1) is 10.9. The third kappa shape index (κ3) is 3.29. The Hall–Kier alpha value is -2.16. The molecular weight excluding hydrogens is 292 g/mol. The minimum Gasteiger partial charge on any atom is -0.350 e. The fourth-order valence-corrected chi connectivity index (χ4v) is 2.62. The molecule has 0 bridgehead atoms. The van der Waals surface area contributed by atoms with E-state index in [0.29, 0.717) is 25.3 Å². The van der Waals surface area contributed by atoms with Crippen molar-refractivity contribution in [1.82, 2.24) is 15.1 Å².